The second kappa shape index (κ2) is 10.1. The van der Waals surface area contributed by atoms with Crippen molar-refractivity contribution in [3.63, 3.8) is 0 Å². The van der Waals surface area contributed by atoms with Crippen LogP contribution in [0.15, 0.2) is 0 Å². The predicted molar refractivity (Wildman–Crippen MR) is 93.5 cm³/mol. The van der Waals surface area contributed by atoms with Crippen molar-refractivity contribution in [2.45, 2.75) is 76.8 Å². The minimum Gasteiger partial charge on any atom is -0.396 e. The normalized spacial score (nSPS) is 29.2. The van der Waals surface area contributed by atoms with Crippen LogP contribution in [0.1, 0.15) is 64.7 Å². The molecule has 5 nitrogen and oxygen atoms in total. The maximum Gasteiger partial charge on any atom is 0.315 e. The van der Waals surface area contributed by atoms with E-state index in [0.717, 1.165) is 51.2 Å². The summed E-state index contributed by atoms with van der Waals surface area (Å²) in [6.45, 7) is 5.63. The van der Waals surface area contributed by atoms with Crippen LogP contribution in [0.3, 0.4) is 0 Å². The molecule has 2 fully saturated rings. The third-order valence-corrected chi connectivity index (χ3v) is 5.56. The van der Waals surface area contributed by atoms with Crippen molar-refractivity contribution in [1.29, 1.82) is 0 Å². The van der Waals surface area contributed by atoms with E-state index in [-0.39, 0.29) is 24.6 Å². The molecular weight excluding hydrogens is 290 g/mol. The lowest BCUT2D eigenvalue weighted by Crippen LogP contribution is -2.47. The van der Waals surface area contributed by atoms with Crippen LogP contribution in [-0.4, -0.2) is 54.4 Å². The number of carbonyl (C=O) groups excluding carboxylic acids is 1. The van der Waals surface area contributed by atoms with Gasteiger partial charge in [0.15, 0.2) is 0 Å². The summed E-state index contributed by atoms with van der Waals surface area (Å²) in [6.07, 6.45) is 10.5. The summed E-state index contributed by atoms with van der Waals surface area (Å²) in [5.74, 6) is 0.232. The van der Waals surface area contributed by atoms with E-state index in [4.69, 9.17) is 0 Å². The van der Waals surface area contributed by atoms with Crippen molar-refractivity contribution < 1.29 is 9.90 Å². The molecule has 2 aliphatic rings. The van der Waals surface area contributed by atoms with Crippen molar-refractivity contribution >= 4 is 6.03 Å². The Balaban J connectivity index is 1.54. The number of aliphatic hydroxyl groups excluding tert-OH is 1. The van der Waals surface area contributed by atoms with Gasteiger partial charge < -0.3 is 20.6 Å². The molecule has 5 heteroatoms. The first-order valence-electron chi connectivity index (χ1n) is 9.60. The quantitative estimate of drug-likeness (QED) is 0.630. The van der Waals surface area contributed by atoms with Gasteiger partial charge in [0.25, 0.3) is 0 Å². The third-order valence-electron chi connectivity index (χ3n) is 5.56. The number of rotatable bonds is 7. The summed E-state index contributed by atoms with van der Waals surface area (Å²) in [7, 11) is 0. The van der Waals surface area contributed by atoms with Crippen LogP contribution < -0.4 is 10.6 Å². The number of carbonyl (C=O) groups is 1. The summed E-state index contributed by atoms with van der Waals surface area (Å²) in [6, 6.07) is 0.798. The van der Waals surface area contributed by atoms with Crippen molar-refractivity contribution in [3.05, 3.63) is 0 Å². The number of likely N-dealkylation sites (tertiary alicyclic amines) is 1. The molecule has 0 bridgehead atoms. The van der Waals surface area contributed by atoms with E-state index in [1.54, 1.807) is 0 Å². The molecule has 2 rings (SSSR count). The summed E-state index contributed by atoms with van der Waals surface area (Å²) < 4.78 is 0. The number of amides is 2. The second-order valence-corrected chi connectivity index (χ2v) is 7.32. The minimum atomic E-state index is -0.0679. The molecule has 2 amide bonds. The highest BCUT2D eigenvalue weighted by atomic mass is 16.3. The lowest BCUT2D eigenvalue weighted by molar-refractivity contribution is 0.153. The van der Waals surface area contributed by atoms with Gasteiger partial charge in [0, 0.05) is 31.2 Å². The number of unbranched alkanes of at least 4 members (excludes halogenated alkanes) is 1. The number of urea groups is 1. The van der Waals surface area contributed by atoms with E-state index in [0.29, 0.717) is 0 Å². The van der Waals surface area contributed by atoms with Gasteiger partial charge in [-0.3, -0.25) is 0 Å². The van der Waals surface area contributed by atoms with E-state index in [2.05, 4.69) is 22.5 Å². The Bertz CT molecular complexity index is 351. The van der Waals surface area contributed by atoms with Crippen LogP contribution in [0.2, 0.25) is 0 Å². The number of piperidine rings is 1. The van der Waals surface area contributed by atoms with Gasteiger partial charge in [-0.05, 0) is 58.5 Å². The zero-order valence-electron chi connectivity index (χ0n) is 14.7. The molecule has 3 unspecified atom stereocenters. The third kappa shape index (κ3) is 6.30. The molecule has 1 saturated heterocycles. The average Bonchev–Trinajstić information content (AvgIpc) is 2.56. The van der Waals surface area contributed by atoms with E-state index in [9.17, 15) is 9.90 Å². The van der Waals surface area contributed by atoms with Crippen molar-refractivity contribution in [2.75, 3.05) is 26.2 Å². The van der Waals surface area contributed by atoms with Gasteiger partial charge in [0.05, 0.1) is 0 Å². The van der Waals surface area contributed by atoms with E-state index in [1.807, 2.05) is 0 Å². The molecule has 3 N–H and O–H groups in total. The Hall–Kier alpha value is -0.810. The number of hydrogen-bond acceptors (Lipinski definition) is 3. The molecule has 0 spiro atoms. The summed E-state index contributed by atoms with van der Waals surface area (Å²) >= 11 is 0. The lowest BCUT2D eigenvalue weighted by Gasteiger charge is -2.33. The molecule has 3 atom stereocenters. The lowest BCUT2D eigenvalue weighted by atomic mass is 9.85. The Morgan fingerprint density at radius 3 is 2.70 bits per heavy atom. The van der Waals surface area contributed by atoms with Crippen LogP contribution in [0.5, 0.6) is 0 Å². The number of aliphatic hydroxyl groups is 1. The van der Waals surface area contributed by atoms with Gasteiger partial charge >= 0.3 is 6.03 Å². The molecule has 1 heterocycles. The smallest absolute Gasteiger partial charge is 0.315 e. The molecule has 1 aliphatic carbocycles. The molecule has 0 radical (unpaired) electrons. The molecule has 134 valence electrons. The van der Waals surface area contributed by atoms with Crippen LogP contribution in [0.4, 0.5) is 4.79 Å². The molecular formula is C18H35N3O2. The first kappa shape index (κ1) is 18.5. The van der Waals surface area contributed by atoms with Crippen molar-refractivity contribution in [1.82, 2.24) is 15.5 Å². The Labute approximate surface area is 141 Å². The highest BCUT2D eigenvalue weighted by molar-refractivity contribution is 5.74. The first-order valence-corrected chi connectivity index (χ1v) is 9.60. The Morgan fingerprint density at radius 2 is 1.91 bits per heavy atom. The summed E-state index contributed by atoms with van der Waals surface area (Å²) in [4.78, 5) is 14.6. The van der Waals surface area contributed by atoms with Crippen molar-refractivity contribution in [3.8, 4) is 0 Å². The van der Waals surface area contributed by atoms with E-state index >= 15 is 0 Å². The van der Waals surface area contributed by atoms with Gasteiger partial charge in [-0.15, -0.1) is 0 Å². The predicted octanol–water partition coefficient (Wildman–Crippen LogP) is 2.49. The van der Waals surface area contributed by atoms with Crippen LogP contribution in [0, 0.1) is 5.92 Å². The summed E-state index contributed by atoms with van der Waals surface area (Å²) in [5.41, 5.74) is 0. The fraction of sp³-hybridized carbons (Fsp3) is 0.944. The van der Waals surface area contributed by atoms with E-state index in [1.165, 1.54) is 32.2 Å². The first-order chi connectivity index (χ1) is 11.2. The van der Waals surface area contributed by atoms with Gasteiger partial charge in [0.2, 0.25) is 0 Å². The van der Waals surface area contributed by atoms with Crippen LogP contribution >= 0.6 is 0 Å². The van der Waals surface area contributed by atoms with Crippen LogP contribution in [0.25, 0.3) is 0 Å². The maximum absolute atomic E-state index is 12.0. The minimum absolute atomic E-state index is 0.0679. The number of nitrogens with one attached hydrogen (secondary N) is 2. The number of hydrogen-bond donors (Lipinski definition) is 3. The fourth-order valence-electron chi connectivity index (χ4n) is 3.97. The zero-order valence-corrected chi connectivity index (χ0v) is 14.7. The maximum atomic E-state index is 12.0. The molecule has 0 aromatic heterocycles. The zero-order chi connectivity index (χ0) is 16.5. The SMILES string of the molecule is CC1CCCCN1CCCCNC(=O)NC1CCCCC1CO. The Kier molecular flexibility index (Phi) is 8.17. The number of nitrogens with zero attached hydrogens (tertiary/aromatic N) is 1. The molecule has 1 aliphatic heterocycles. The van der Waals surface area contributed by atoms with E-state index < -0.39 is 0 Å². The molecule has 1 saturated carbocycles. The Morgan fingerprint density at radius 1 is 1.13 bits per heavy atom. The second-order valence-electron chi connectivity index (χ2n) is 7.32. The average molecular weight is 325 g/mol. The topological polar surface area (TPSA) is 64.6 Å². The summed E-state index contributed by atoms with van der Waals surface area (Å²) in [5, 5.41) is 15.4. The van der Waals surface area contributed by atoms with Gasteiger partial charge in [-0.2, -0.15) is 0 Å². The van der Waals surface area contributed by atoms with Gasteiger partial charge in [-0.1, -0.05) is 19.3 Å². The fourth-order valence-corrected chi connectivity index (χ4v) is 3.97. The molecule has 0 aromatic rings. The largest absolute Gasteiger partial charge is 0.396 e. The van der Waals surface area contributed by atoms with Crippen LogP contribution in [-0.2, 0) is 0 Å². The van der Waals surface area contributed by atoms with Gasteiger partial charge in [-0.25, -0.2) is 4.79 Å². The van der Waals surface area contributed by atoms with Gasteiger partial charge in [0.1, 0.15) is 0 Å². The highest BCUT2D eigenvalue weighted by Gasteiger charge is 2.25. The standard InChI is InChI=1S/C18H35N3O2/c1-15-8-4-6-12-21(15)13-7-5-11-19-18(23)20-17-10-3-2-9-16(17)14-22/h15-17,22H,2-14H2,1H3,(H2,19,20,23). The molecule has 0 aromatic carbocycles. The monoisotopic (exact) mass is 325 g/mol. The molecule has 23 heavy (non-hydrogen) atoms. The highest BCUT2D eigenvalue weighted by Crippen LogP contribution is 2.23. The van der Waals surface area contributed by atoms with Crippen molar-refractivity contribution in [2.24, 2.45) is 5.92 Å².